The molecule has 1 saturated heterocycles. The molecule has 2 atom stereocenters. The zero-order valence-electron chi connectivity index (χ0n) is 7.10. The molecular weight excluding hydrogens is 178 g/mol. The topological polar surface area (TPSA) is 98.1 Å². The molecule has 0 saturated carbocycles. The fourth-order valence-electron chi connectivity index (χ4n) is 1.54. The number of hydrogen-bond donors (Lipinski definition) is 3. The fourth-order valence-corrected chi connectivity index (χ4v) is 1.54. The molecule has 0 aliphatic carbocycles. The Morgan fingerprint density at radius 1 is 1.46 bits per heavy atom. The van der Waals surface area contributed by atoms with Gasteiger partial charge >= 0.3 is 12.1 Å². The van der Waals surface area contributed by atoms with Gasteiger partial charge in [0.15, 0.2) is 0 Å². The van der Waals surface area contributed by atoms with Crippen molar-refractivity contribution >= 4 is 12.1 Å². The minimum Gasteiger partial charge on any atom is -0.480 e. The number of rotatable bonds is 1. The highest BCUT2D eigenvalue weighted by atomic mass is 16.4. The number of aliphatic hydroxyl groups is 1. The quantitative estimate of drug-likeness (QED) is 0.520. The Labute approximate surface area is 74.4 Å². The lowest BCUT2D eigenvalue weighted by atomic mass is 9.99. The SMILES string of the molecule is C[C@@]1(C(=O)O)C[C@@H](O)CN1C(=O)O. The molecule has 0 aromatic carbocycles. The van der Waals surface area contributed by atoms with Crippen LogP contribution >= 0.6 is 0 Å². The van der Waals surface area contributed by atoms with E-state index in [9.17, 15) is 9.59 Å². The Kier molecular flexibility index (Phi) is 2.17. The number of aliphatic hydroxyl groups excluding tert-OH is 1. The van der Waals surface area contributed by atoms with Gasteiger partial charge in [-0.1, -0.05) is 0 Å². The Hall–Kier alpha value is -1.30. The van der Waals surface area contributed by atoms with Crippen molar-refractivity contribution in [2.45, 2.75) is 25.0 Å². The number of amides is 1. The monoisotopic (exact) mass is 189 g/mol. The molecule has 1 rings (SSSR count). The predicted octanol–water partition coefficient (Wildman–Crippen LogP) is -0.426. The number of nitrogens with zero attached hydrogens (tertiary/aromatic N) is 1. The van der Waals surface area contributed by atoms with Crippen molar-refractivity contribution in [2.75, 3.05) is 6.54 Å². The van der Waals surface area contributed by atoms with Gasteiger partial charge in [-0.05, 0) is 6.92 Å². The van der Waals surface area contributed by atoms with Crippen molar-refractivity contribution in [2.24, 2.45) is 0 Å². The molecule has 6 nitrogen and oxygen atoms in total. The minimum absolute atomic E-state index is 0.0609. The molecule has 1 aliphatic heterocycles. The van der Waals surface area contributed by atoms with Gasteiger partial charge < -0.3 is 15.3 Å². The Morgan fingerprint density at radius 3 is 2.31 bits per heavy atom. The number of likely N-dealkylation sites (tertiary alicyclic amines) is 1. The number of aliphatic carboxylic acids is 1. The molecule has 1 fully saturated rings. The summed E-state index contributed by atoms with van der Waals surface area (Å²) in [4.78, 5) is 22.1. The Bertz CT molecular complexity index is 253. The molecule has 3 N–H and O–H groups in total. The number of carboxylic acid groups (broad SMARTS) is 2. The van der Waals surface area contributed by atoms with E-state index in [1.165, 1.54) is 6.92 Å². The van der Waals surface area contributed by atoms with Gasteiger partial charge in [-0.15, -0.1) is 0 Å². The molecule has 1 heterocycles. The summed E-state index contributed by atoms with van der Waals surface area (Å²) in [5.74, 6) is -1.23. The largest absolute Gasteiger partial charge is 0.480 e. The second-order valence-corrected chi connectivity index (χ2v) is 3.33. The van der Waals surface area contributed by atoms with Crippen molar-refractivity contribution in [1.82, 2.24) is 4.90 Å². The second-order valence-electron chi connectivity index (χ2n) is 3.33. The van der Waals surface area contributed by atoms with Gasteiger partial charge in [0.05, 0.1) is 12.6 Å². The van der Waals surface area contributed by atoms with Crippen LogP contribution in [-0.2, 0) is 4.79 Å². The summed E-state index contributed by atoms with van der Waals surface area (Å²) in [6, 6.07) is 0. The van der Waals surface area contributed by atoms with Gasteiger partial charge in [0.25, 0.3) is 0 Å². The molecule has 13 heavy (non-hydrogen) atoms. The van der Waals surface area contributed by atoms with Gasteiger partial charge in [-0.2, -0.15) is 0 Å². The molecule has 0 bridgehead atoms. The highest BCUT2D eigenvalue weighted by Crippen LogP contribution is 2.29. The van der Waals surface area contributed by atoms with Crippen LogP contribution in [0.4, 0.5) is 4.79 Å². The summed E-state index contributed by atoms with van der Waals surface area (Å²) in [5.41, 5.74) is -1.49. The van der Waals surface area contributed by atoms with E-state index in [1.807, 2.05) is 0 Å². The van der Waals surface area contributed by atoms with Crippen LogP contribution < -0.4 is 0 Å². The average molecular weight is 189 g/mol. The molecule has 0 aromatic heterocycles. The standard InChI is InChI=1S/C7H11NO5/c1-7(5(10)11)2-4(9)3-8(7)6(12)13/h4,9H,2-3H2,1H3,(H,10,11)(H,12,13)/t4-,7+/m1/s1. The third kappa shape index (κ3) is 1.44. The number of carbonyl (C=O) groups is 2. The van der Waals surface area contributed by atoms with Gasteiger partial charge in [-0.25, -0.2) is 9.59 Å². The van der Waals surface area contributed by atoms with E-state index in [0.717, 1.165) is 4.90 Å². The molecule has 0 radical (unpaired) electrons. The lowest BCUT2D eigenvalue weighted by Gasteiger charge is -2.27. The van der Waals surface area contributed by atoms with E-state index < -0.39 is 23.7 Å². The first kappa shape index (κ1) is 9.79. The Balaban J connectivity index is 2.95. The van der Waals surface area contributed by atoms with E-state index in [1.54, 1.807) is 0 Å². The van der Waals surface area contributed by atoms with Crippen LogP contribution in [0.15, 0.2) is 0 Å². The highest BCUT2D eigenvalue weighted by molar-refractivity contribution is 5.84. The van der Waals surface area contributed by atoms with E-state index >= 15 is 0 Å². The normalized spacial score (nSPS) is 33.4. The third-order valence-electron chi connectivity index (χ3n) is 2.31. The van der Waals surface area contributed by atoms with E-state index in [0.29, 0.717) is 0 Å². The smallest absolute Gasteiger partial charge is 0.408 e. The van der Waals surface area contributed by atoms with Crippen molar-refractivity contribution < 1.29 is 24.9 Å². The first-order chi connectivity index (χ1) is 5.88. The van der Waals surface area contributed by atoms with E-state index in [-0.39, 0.29) is 13.0 Å². The molecule has 1 aliphatic rings. The summed E-state index contributed by atoms with van der Waals surface area (Å²) >= 11 is 0. The number of hydrogen-bond acceptors (Lipinski definition) is 3. The van der Waals surface area contributed by atoms with Crippen molar-refractivity contribution in [3.63, 3.8) is 0 Å². The maximum atomic E-state index is 10.8. The van der Waals surface area contributed by atoms with Crippen LogP contribution in [0, 0.1) is 0 Å². The van der Waals surface area contributed by atoms with Crippen molar-refractivity contribution in [3.05, 3.63) is 0 Å². The van der Waals surface area contributed by atoms with E-state index in [2.05, 4.69) is 0 Å². The zero-order valence-corrected chi connectivity index (χ0v) is 7.10. The van der Waals surface area contributed by atoms with Crippen LogP contribution in [0.3, 0.4) is 0 Å². The predicted molar refractivity (Wildman–Crippen MR) is 41.4 cm³/mol. The van der Waals surface area contributed by atoms with Crippen LogP contribution in [0.1, 0.15) is 13.3 Å². The molecule has 1 amide bonds. The Morgan fingerprint density at radius 2 is 2.00 bits per heavy atom. The minimum atomic E-state index is -1.49. The molecule has 6 heteroatoms. The van der Waals surface area contributed by atoms with Crippen molar-refractivity contribution in [1.29, 1.82) is 0 Å². The van der Waals surface area contributed by atoms with Crippen LogP contribution in [-0.4, -0.2) is 50.5 Å². The summed E-state index contributed by atoms with van der Waals surface area (Å²) < 4.78 is 0. The first-order valence-electron chi connectivity index (χ1n) is 3.80. The molecule has 0 unspecified atom stereocenters. The summed E-state index contributed by atoms with van der Waals surface area (Å²) in [6.45, 7) is 1.15. The van der Waals surface area contributed by atoms with Crippen LogP contribution in [0.2, 0.25) is 0 Å². The lowest BCUT2D eigenvalue weighted by Crippen LogP contribution is -2.50. The van der Waals surface area contributed by atoms with E-state index in [4.69, 9.17) is 15.3 Å². The van der Waals surface area contributed by atoms with Gasteiger partial charge in [0, 0.05) is 6.42 Å². The second kappa shape index (κ2) is 2.88. The molecule has 74 valence electrons. The van der Waals surface area contributed by atoms with Crippen LogP contribution in [0.5, 0.6) is 0 Å². The van der Waals surface area contributed by atoms with Gasteiger partial charge in [0.1, 0.15) is 5.54 Å². The fraction of sp³-hybridized carbons (Fsp3) is 0.714. The first-order valence-corrected chi connectivity index (χ1v) is 3.80. The molecular formula is C7H11NO5. The molecule has 0 aromatic rings. The zero-order chi connectivity index (χ0) is 10.2. The summed E-state index contributed by atoms with van der Waals surface area (Å²) in [5, 5.41) is 26.6. The molecule has 0 spiro atoms. The third-order valence-corrected chi connectivity index (χ3v) is 2.31. The number of carboxylic acids is 1. The van der Waals surface area contributed by atoms with Gasteiger partial charge in [-0.3, -0.25) is 4.90 Å². The summed E-state index contributed by atoms with van der Waals surface area (Å²) in [7, 11) is 0. The highest BCUT2D eigenvalue weighted by Gasteiger charge is 2.49. The maximum absolute atomic E-state index is 10.8. The average Bonchev–Trinajstić information content (AvgIpc) is 2.27. The summed E-state index contributed by atoms with van der Waals surface area (Å²) in [6.07, 6.45) is -2.27. The number of β-amino-alcohol motifs (C(OH)–C–C–N with tert-alkyl or cyclic N) is 1. The van der Waals surface area contributed by atoms with Crippen LogP contribution in [0.25, 0.3) is 0 Å². The van der Waals surface area contributed by atoms with Gasteiger partial charge in [0.2, 0.25) is 0 Å². The maximum Gasteiger partial charge on any atom is 0.408 e. The van der Waals surface area contributed by atoms with Crippen molar-refractivity contribution in [3.8, 4) is 0 Å². The lowest BCUT2D eigenvalue weighted by molar-refractivity contribution is -0.147.